The molecule has 0 bridgehead atoms. The Hall–Kier alpha value is -2.83. The molecule has 3 aromatic rings. The van der Waals surface area contributed by atoms with Gasteiger partial charge in [0.25, 0.3) is 15.9 Å². The lowest BCUT2D eigenvalue weighted by atomic mass is 9.99. The SMILES string of the molecule is C[C@@H]1CN([C@@H](C)CO)C(=O)c2cccc(NS(=O)(=O)c3cn(C)cn3)c2O[C@@H]1CN(C)Cc1ccc(Cl)c(Cl)c1. The van der Waals surface area contributed by atoms with Crippen molar-refractivity contribution in [1.29, 1.82) is 0 Å². The summed E-state index contributed by atoms with van der Waals surface area (Å²) in [5.74, 6) is -0.394. The van der Waals surface area contributed by atoms with Crippen molar-refractivity contribution in [2.24, 2.45) is 13.0 Å². The van der Waals surface area contributed by atoms with Crippen LogP contribution in [0.5, 0.6) is 5.75 Å². The zero-order valence-corrected chi connectivity index (χ0v) is 25.0. The van der Waals surface area contributed by atoms with E-state index in [0.29, 0.717) is 29.7 Å². The van der Waals surface area contributed by atoms with E-state index in [0.717, 1.165) is 5.56 Å². The Morgan fingerprint density at radius 2 is 2.00 bits per heavy atom. The molecule has 0 radical (unpaired) electrons. The Kier molecular flexibility index (Phi) is 9.31. The number of rotatable bonds is 9. The molecule has 40 heavy (non-hydrogen) atoms. The number of benzene rings is 2. The first kappa shape index (κ1) is 30.1. The molecule has 0 spiro atoms. The molecule has 2 N–H and O–H groups in total. The van der Waals surface area contributed by atoms with Crippen LogP contribution in [0, 0.1) is 5.92 Å². The van der Waals surface area contributed by atoms with Gasteiger partial charge in [-0.3, -0.25) is 14.4 Å². The molecule has 2 heterocycles. The number of anilines is 1. The number of nitrogens with one attached hydrogen (secondary N) is 1. The van der Waals surface area contributed by atoms with E-state index < -0.39 is 22.2 Å². The van der Waals surface area contributed by atoms with Crippen LogP contribution in [0.3, 0.4) is 0 Å². The summed E-state index contributed by atoms with van der Waals surface area (Å²) in [5, 5.41) is 10.7. The number of hydrogen-bond donors (Lipinski definition) is 2. The number of likely N-dealkylation sites (N-methyl/N-ethyl adjacent to an activating group) is 1. The molecule has 2 aromatic carbocycles. The highest BCUT2D eigenvalue weighted by atomic mass is 35.5. The molecular weight excluding hydrogens is 577 g/mol. The van der Waals surface area contributed by atoms with Gasteiger partial charge in [-0.1, -0.05) is 42.3 Å². The van der Waals surface area contributed by atoms with Gasteiger partial charge < -0.3 is 19.3 Å². The number of para-hydroxylation sites is 1. The summed E-state index contributed by atoms with van der Waals surface area (Å²) in [6, 6.07) is 9.74. The fourth-order valence-corrected chi connectivity index (χ4v) is 5.95. The number of ether oxygens (including phenoxy) is 1. The van der Waals surface area contributed by atoms with E-state index >= 15 is 0 Å². The van der Waals surface area contributed by atoms with Crippen molar-refractivity contribution in [2.45, 2.75) is 37.6 Å². The van der Waals surface area contributed by atoms with Crippen LogP contribution < -0.4 is 9.46 Å². The van der Waals surface area contributed by atoms with Gasteiger partial charge >= 0.3 is 0 Å². The van der Waals surface area contributed by atoms with E-state index in [4.69, 9.17) is 27.9 Å². The maximum absolute atomic E-state index is 13.7. The van der Waals surface area contributed by atoms with E-state index in [-0.39, 0.29) is 40.5 Å². The minimum Gasteiger partial charge on any atom is -0.486 e. The van der Waals surface area contributed by atoms with E-state index in [2.05, 4.69) is 14.6 Å². The number of aryl methyl sites for hydroxylation is 1. The van der Waals surface area contributed by atoms with Crippen LogP contribution in [-0.2, 0) is 23.6 Å². The maximum atomic E-state index is 13.7. The summed E-state index contributed by atoms with van der Waals surface area (Å²) in [5.41, 5.74) is 1.29. The number of imidazole rings is 1. The van der Waals surface area contributed by atoms with Crippen molar-refractivity contribution in [3.05, 3.63) is 70.1 Å². The predicted molar refractivity (Wildman–Crippen MR) is 154 cm³/mol. The van der Waals surface area contributed by atoms with E-state index in [1.807, 2.05) is 26.1 Å². The number of carbonyl (C=O) groups excluding carboxylic acids is 1. The number of halogens is 2. The Labute approximate surface area is 244 Å². The summed E-state index contributed by atoms with van der Waals surface area (Å²) in [7, 11) is -0.454. The van der Waals surface area contributed by atoms with E-state index in [9.17, 15) is 18.3 Å². The summed E-state index contributed by atoms with van der Waals surface area (Å²) < 4.78 is 36.8. The number of aromatic nitrogens is 2. The van der Waals surface area contributed by atoms with Crippen molar-refractivity contribution in [2.75, 3.05) is 31.5 Å². The zero-order chi connectivity index (χ0) is 29.2. The van der Waals surface area contributed by atoms with Gasteiger partial charge in [-0.15, -0.1) is 0 Å². The zero-order valence-electron chi connectivity index (χ0n) is 22.7. The topological polar surface area (TPSA) is 117 Å². The third-order valence-corrected chi connectivity index (χ3v) is 8.81. The van der Waals surface area contributed by atoms with Crippen molar-refractivity contribution in [1.82, 2.24) is 19.4 Å². The number of amides is 1. The van der Waals surface area contributed by atoms with Gasteiger partial charge in [-0.2, -0.15) is 8.42 Å². The highest BCUT2D eigenvalue weighted by Gasteiger charge is 2.35. The van der Waals surface area contributed by atoms with Crippen LogP contribution in [0.1, 0.15) is 29.8 Å². The third kappa shape index (κ3) is 6.72. The van der Waals surface area contributed by atoms with Crippen molar-refractivity contribution in [3.63, 3.8) is 0 Å². The molecular formula is C27H33Cl2N5O5S. The second kappa shape index (κ2) is 12.4. The van der Waals surface area contributed by atoms with E-state index in [1.54, 1.807) is 43.1 Å². The van der Waals surface area contributed by atoms with Crippen LogP contribution in [0.4, 0.5) is 5.69 Å². The molecule has 1 aliphatic rings. The van der Waals surface area contributed by atoms with E-state index in [1.165, 1.54) is 17.1 Å². The molecule has 4 rings (SSSR count). The highest BCUT2D eigenvalue weighted by molar-refractivity contribution is 7.92. The van der Waals surface area contributed by atoms with Crippen LogP contribution in [0.15, 0.2) is 53.9 Å². The number of fused-ring (bicyclic) bond motifs is 1. The van der Waals surface area contributed by atoms with Crippen LogP contribution >= 0.6 is 23.2 Å². The second-order valence-corrected chi connectivity index (χ2v) is 12.7. The summed E-state index contributed by atoms with van der Waals surface area (Å²) in [6.07, 6.45) is 2.34. The maximum Gasteiger partial charge on any atom is 0.281 e. The Balaban J connectivity index is 1.69. The lowest BCUT2D eigenvalue weighted by Crippen LogP contribution is -2.49. The van der Waals surface area contributed by atoms with Gasteiger partial charge in [0.05, 0.1) is 40.3 Å². The average Bonchev–Trinajstić information content (AvgIpc) is 3.35. The quantitative estimate of drug-likeness (QED) is 0.378. The Morgan fingerprint density at radius 3 is 2.65 bits per heavy atom. The highest BCUT2D eigenvalue weighted by Crippen LogP contribution is 2.36. The van der Waals surface area contributed by atoms with Crippen molar-refractivity contribution < 1.29 is 23.1 Å². The normalized spacial score (nSPS) is 18.6. The summed E-state index contributed by atoms with van der Waals surface area (Å²) in [6.45, 7) is 4.87. The fourth-order valence-electron chi connectivity index (χ4n) is 4.59. The number of aliphatic hydroxyl groups is 1. The Morgan fingerprint density at radius 1 is 1.25 bits per heavy atom. The molecule has 0 fully saturated rings. The van der Waals surface area contributed by atoms with Gasteiger partial charge in [0.1, 0.15) is 6.10 Å². The molecule has 216 valence electrons. The first-order chi connectivity index (χ1) is 18.9. The summed E-state index contributed by atoms with van der Waals surface area (Å²) >= 11 is 12.3. The minimum absolute atomic E-state index is 0.124. The van der Waals surface area contributed by atoms with Gasteiger partial charge in [-0.05, 0) is 43.8 Å². The monoisotopic (exact) mass is 609 g/mol. The smallest absolute Gasteiger partial charge is 0.281 e. The van der Waals surface area contributed by atoms with Crippen LogP contribution in [-0.4, -0.2) is 77.7 Å². The van der Waals surface area contributed by atoms with Crippen molar-refractivity contribution >= 4 is 44.8 Å². The largest absolute Gasteiger partial charge is 0.486 e. The molecule has 0 aliphatic carbocycles. The summed E-state index contributed by atoms with van der Waals surface area (Å²) in [4.78, 5) is 21.3. The number of carbonyl (C=O) groups is 1. The standard InChI is InChI=1S/C27H33Cl2N5O5S/c1-17-11-34(18(2)15-35)27(36)20-6-5-7-23(31-40(37,38)25-14-33(4)16-30-25)26(20)39-24(17)13-32(3)12-19-8-9-21(28)22(29)10-19/h5-10,14,16-18,24,31,35H,11-13,15H2,1-4H3/t17-,18+,24-/m1/s1. The first-order valence-corrected chi connectivity index (χ1v) is 15.0. The molecule has 3 atom stereocenters. The number of hydrogen-bond acceptors (Lipinski definition) is 7. The number of nitrogens with zero attached hydrogens (tertiary/aromatic N) is 4. The van der Waals surface area contributed by atoms with Gasteiger partial charge in [0, 0.05) is 38.8 Å². The van der Waals surface area contributed by atoms with Gasteiger partial charge in [-0.25, -0.2) is 4.98 Å². The molecule has 1 amide bonds. The molecule has 1 aromatic heterocycles. The molecule has 0 saturated carbocycles. The Bertz CT molecular complexity index is 1480. The lowest BCUT2D eigenvalue weighted by molar-refractivity contribution is 0.0344. The van der Waals surface area contributed by atoms with Crippen molar-refractivity contribution in [3.8, 4) is 5.75 Å². The van der Waals surface area contributed by atoms with Crippen LogP contribution in [0.25, 0.3) is 0 Å². The second-order valence-electron chi connectivity index (χ2n) is 10.2. The minimum atomic E-state index is -4.06. The fraction of sp³-hybridized carbons (Fsp3) is 0.407. The van der Waals surface area contributed by atoms with Crippen LogP contribution in [0.2, 0.25) is 10.0 Å². The lowest BCUT2D eigenvalue weighted by Gasteiger charge is -2.38. The molecule has 13 heteroatoms. The predicted octanol–water partition coefficient (Wildman–Crippen LogP) is 3.88. The number of aliphatic hydroxyl groups excluding tert-OH is 1. The third-order valence-electron chi connectivity index (χ3n) is 6.82. The van der Waals surface area contributed by atoms with Gasteiger partial charge in [0.2, 0.25) is 0 Å². The first-order valence-electron chi connectivity index (χ1n) is 12.7. The molecule has 0 unspecified atom stereocenters. The molecule has 10 nitrogen and oxygen atoms in total. The molecule has 0 saturated heterocycles. The average molecular weight is 611 g/mol. The van der Waals surface area contributed by atoms with Gasteiger partial charge in [0.15, 0.2) is 10.8 Å². The molecule has 1 aliphatic heterocycles. The number of sulfonamides is 1.